The van der Waals surface area contributed by atoms with E-state index in [0.717, 1.165) is 35.7 Å². The van der Waals surface area contributed by atoms with Crippen LogP contribution in [0.1, 0.15) is 47.5 Å². The lowest BCUT2D eigenvalue weighted by Crippen LogP contribution is -2.37. The van der Waals surface area contributed by atoms with Crippen molar-refractivity contribution in [2.24, 2.45) is 4.99 Å². The molecule has 2 aromatic heterocycles. The van der Waals surface area contributed by atoms with Gasteiger partial charge in [0.25, 0.3) is 0 Å². The van der Waals surface area contributed by atoms with Gasteiger partial charge in [0, 0.05) is 13.1 Å². The summed E-state index contributed by atoms with van der Waals surface area (Å²) in [5.74, 6) is 2.45. The molecule has 0 radical (unpaired) electrons. The quantitative estimate of drug-likeness (QED) is 0.166. The highest BCUT2D eigenvalue weighted by molar-refractivity contribution is 14.0. The molecule has 33 heavy (non-hydrogen) atoms. The summed E-state index contributed by atoms with van der Waals surface area (Å²) < 4.78 is 7.21. The van der Waals surface area contributed by atoms with Crippen LogP contribution in [0.5, 0.6) is 0 Å². The van der Waals surface area contributed by atoms with Crippen molar-refractivity contribution in [3.63, 3.8) is 0 Å². The number of oxazole rings is 1. The number of halogens is 1. The molecule has 10 heteroatoms. The Morgan fingerprint density at radius 2 is 1.94 bits per heavy atom. The molecule has 3 rings (SSSR count). The number of aromatic nitrogens is 3. The van der Waals surface area contributed by atoms with E-state index in [-0.39, 0.29) is 24.0 Å². The van der Waals surface area contributed by atoms with Crippen molar-refractivity contribution in [1.29, 1.82) is 5.26 Å². The molecule has 4 N–H and O–H groups in total. The third-order valence-electron chi connectivity index (χ3n) is 5.06. The van der Waals surface area contributed by atoms with Gasteiger partial charge in [0.2, 0.25) is 5.89 Å². The number of hydrogen-bond donors (Lipinski definition) is 3. The number of anilines is 1. The second-order valence-electron chi connectivity index (χ2n) is 7.54. The number of hydrogen-bond acceptors (Lipinski definition) is 6. The van der Waals surface area contributed by atoms with Gasteiger partial charge in [0.05, 0.1) is 17.1 Å². The van der Waals surface area contributed by atoms with E-state index in [1.54, 1.807) is 4.68 Å². The van der Waals surface area contributed by atoms with Gasteiger partial charge in [-0.25, -0.2) is 14.7 Å². The highest BCUT2D eigenvalue weighted by atomic mass is 127. The molecule has 1 aromatic carbocycles. The Balaban J connectivity index is 0.00000385. The summed E-state index contributed by atoms with van der Waals surface area (Å²) in [6.45, 7) is 9.60. The summed E-state index contributed by atoms with van der Waals surface area (Å²) in [7, 11) is 0. The lowest BCUT2D eigenvalue weighted by atomic mass is 10.1. The van der Waals surface area contributed by atoms with Gasteiger partial charge in [-0.05, 0) is 52.7 Å². The number of guanidine groups is 1. The third kappa shape index (κ3) is 6.71. The number of rotatable bonds is 8. The maximum absolute atomic E-state index is 9.57. The predicted molar refractivity (Wildman–Crippen MR) is 140 cm³/mol. The first-order chi connectivity index (χ1) is 15.4. The van der Waals surface area contributed by atoms with Crippen molar-refractivity contribution in [3.05, 3.63) is 58.4 Å². The molecule has 9 nitrogen and oxygen atoms in total. The number of nitrogens with one attached hydrogen (secondary N) is 2. The number of aliphatic imine (C=N–C) groups is 1. The van der Waals surface area contributed by atoms with Crippen LogP contribution in [0, 0.1) is 32.1 Å². The van der Waals surface area contributed by atoms with Crippen molar-refractivity contribution in [2.75, 3.05) is 18.8 Å². The Labute approximate surface area is 211 Å². The molecule has 0 amide bonds. The minimum absolute atomic E-state index is 0. The van der Waals surface area contributed by atoms with Crippen LogP contribution in [-0.4, -0.2) is 33.8 Å². The number of nitrogens with two attached hydrogens (primary N) is 1. The summed E-state index contributed by atoms with van der Waals surface area (Å²) >= 11 is 0. The molecule has 0 aliphatic carbocycles. The van der Waals surface area contributed by atoms with Crippen molar-refractivity contribution in [3.8, 4) is 11.8 Å². The Bertz CT molecular complexity index is 1110. The Hall–Kier alpha value is -3.07. The molecular formula is C23H31IN8O. The second-order valence-corrected chi connectivity index (χ2v) is 7.54. The Morgan fingerprint density at radius 3 is 2.55 bits per heavy atom. The van der Waals surface area contributed by atoms with E-state index in [2.05, 4.69) is 31.8 Å². The van der Waals surface area contributed by atoms with E-state index in [4.69, 9.17) is 10.2 Å². The van der Waals surface area contributed by atoms with Gasteiger partial charge < -0.3 is 20.8 Å². The van der Waals surface area contributed by atoms with Gasteiger partial charge in [-0.15, -0.1) is 24.0 Å². The molecule has 0 fully saturated rings. The molecule has 0 aliphatic heterocycles. The van der Waals surface area contributed by atoms with E-state index in [1.807, 2.05) is 52.0 Å². The second kappa shape index (κ2) is 12.2. The van der Waals surface area contributed by atoms with Gasteiger partial charge in [-0.2, -0.15) is 10.4 Å². The fourth-order valence-electron chi connectivity index (χ4n) is 3.22. The summed E-state index contributed by atoms with van der Waals surface area (Å²) in [6.07, 6.45) is 1.39. The average molecular weight is 562 g/mol. The van der Waals surface area contributed by atoms with E-state index in [0.29, 0.717) is 48.4 Å². The lowest BCUT2D eigenvalue weighted by Gasteiger charge is -2.10. The zero-order valence-electron chi connectivity index (χ0n) is 19.5. The summed E-state index contributed by atoms with van der Waals surface area (Å²) in [5, 5.41) is 20.7. The van der Waals surface area contributed by atoms with Crippen molar-refractivity contribution in [2.45, 2.75) is 47.1 Å². The molecule has 3 aromatic rings. The SMILES string of the molecule is CCNC(=NCc1nc(C)c(C)o1)NCCCc1nn(-c2ccc(C)cc2)c(N)c1C#N.I. The minimum atomic E-state index is 0. The standard InChI is InChI=1S/C23H30N8O.HI/c1-5-26-23(28-14-21-29-16(3)17(4)32-21)27-12-6-7-20-19(13-24)22(25)31(30-20)18-10-8-15(2)9-11-18;/h8-11H,5-7,12,14,25H2,1-4H3,(H2,26,27,28);1H. The molecule has 176 valence electrons. The van der Waals surface area contributed by atoms with Gasteiger partial charge in [-0.3, -0.25) is 0 Å². The average Bonchev–Trinajstić information content (AvgIpc) is 3.27. The largest absolute Gasteiger partial charge is 0.444 e. The maximum Gasteiger partial charge on any atom is 0.216 e. The zero-order chi connectivity index (χ0) is 23.1. The summed E-state index contributed by atoms with van der Waals surface area (Å²) in [6, 6.07) is 10.1. The van der Waals surface area contributed by atoms with Crippen LogP contribution >= 0.6 is 24.0 Å². The zero-order valence-corrected chi connectivity index (χ0v) is 21.8. The monoisotopic (exact) mass is 562 g/mol. The van der Waals surface area contributed by atoms with E-state index in [9.17, 15) is 5.26 Å². The number of nitriles is 1. The molecule has 0 saturated carbocycles. The molecule has 0 bridgehead atoms. The number of benzene rings is 1. The number of nitrogens with zero attached hydrogens (tertiary/aromatic N) is 5. The molecule has 0 spiro atoms. The van der Waals surface area contributed by atoms with Gasteiger partial charge in [0.15, 0.2) is 5.96 Å². The molecular weight excluding hydrogens is 531 g/mol. The maximum atomic E-state index is 9.57. The fraction of sp³-hybridized carbons (Fsp3) is 0.391. The summed E-state index contributed by atoms with van der Waals surface area (Å²) in [5.41, 5.74) is 10.2. The van der Waals surface area contributed by atoms with Gasteiger partial charge in [0.1, 0.15) is 29.8 Å². The first-order valence-corrected chi connectivity index (χ1v) is 10.7. The first kappa shape index (κ1) is 26.2. The molecule has 0 unspecified atom stereocenters. The Morgan fingerprint density at radius 1 is 1.21 bits per heavy atom. The molecule has 0 atom stereocenters. The lowest BCUT2D eigenvalue weighted by molar-refractivity contribution is 0.472. The topological polar surface area (TPSA) is 130 Å². The van der Waals surface area contributed by atoms with Crippen LogP contribution in [0.4, 0.5) is 5.82 Å². The van der Waals surface area contributed by atoms with Crippen LogP contribution in [0.25, 0.3) is 5.69 Å². The first-order valence-electron chi connectivity index (χ1n) is 10.7. The van der Waals surface area contributed by atoms with Gasteiger partial charge in [-0.1, -0.05) is 17.7 Å². The van der Waals surface area contributed by atoms with Crippen LogP contribution in [0.15, 0.2) is 33.7 Å². The molecule has 0 saturated heterocycles. The Kier molecular flexibility index (Phi) is 9.72. The van der Waals surface area contributed by atoms with Crippen molar-refractivity contribution < 1.29 is 4.42 Å². The van der Waals surface area contributed by atoms with Crippen molar-refractivity contribution in [1.82, 2.24) is 25.4 Å². The van der Waals surface area contributed by atoms with E-state index in [1.165, 1.54) is 0 Å². The number of nitrogen functional groups attached to an aromatic ring is 1. The number of aryl methyl sites for hydroxylation is 4. The normalized spacial score (nSPS) is 11.1. The van der Waals surface area contributed by atoms with Crippen LogP contribution in [0.2, 0.25) is 0 Å². The summed E-state index contributed by atoms with van der Waals surface area (Å²) in [4.78, 5) is 8.88. The molecule has 2 heterocycles. The minimum Gasteiger partial charge on any atom is -0.444 e. The highest BCUT2D eigenvalue weighted by Gasteiger charge is 2.16. The van der Waals surface area contributed by atoms with Crippen LogP contribution < -0.4 is 16.4 Å². The van der Waals surface area contributed by atoms with E-state index < -0.39 is 0 Å². The molecule has 0 aliphatic rings. The van der Waals surface area contributed by atoms with Crippen LogP contribution in [-0.2, 0) is 13.0 Å². The predicted octanol–water partition coefficient (Wildman–Crippen LogP) is 3.55. The smallest absolute Gasteiger partial charge is 0.216 e. The van der Waals surface area contributed by atoms with Crippen molar-refractivity contribution >= 4 is 35.8 Å². The van der Waals surface area contributed by atoms with Gasteiger partial charge >= 0.3 is 0 Å². The third-order valence-corrected chi connectivity index (χ3v) is 5.06. The van der Waals surface area contributed by atoms with E-state index >= 15 is 0 Å². The highest BCUT2D eigenvalue weighted by Crippen LogP contribution is 2.21. The van der Waals surface area contributed by atoms with Crippen LogP contribution in [0.3, 0.4) is 0 Å². The fourth-order valence-corrected chi connectivity index (χ4v) is 3.22.